The molecule has 110 valence electrons. The standard InChI is InChI=1S/C17H20N2OS/c1-13-6-7-16(21-13)15-12-14(8-9-18-15)17(20)19-10-4-2-3-5-11-19/h6-9,12H,2-5,10-11H2,1H3. The monoisotopic (exact) mass is 300 g/mol. The molecule has 1 aliphatic heterocycles. The number of carbonyl (C=O) groups excluding carboxylic acids is 1. The van der Waals surface area contributed by atoms with Gasteiger partial charge >= 0.3 is 0 Å². The summed E-state index contributed by atoms with van der Waals surface area (Å²) < 4.78 is 0. The molecule has 0 unspecified atom stereocenters. The van der Waals surface area contributed by atoms with Crippen LogP contribution in [0, 0.1) is 6.92 Å². The van der Waals surface area contributed by atoms with Crippen molar-refractivity contribution >= 4 is 17.2 Å². The first-order valence-electron chi connectivity index (χ1n) is 7.56. The van der Waals surface area contributed by atoms with E-state index < -0.39 is 0 Å². The van der Waals surface area contributed by atoms with E-state index in [4.69, 9.17) is 0 Å². The molecule has 1 aliphatic rings. The van der Waals surface area contributed by atoms with Gasteiger partial charge in [0.05, 0.1) is 10.6 Å². The smallest absolute Gasteiger partial charge is 0.253 e. The summed E-state index contributed by atoms with van der Waals surface area (Å²) >= 11 is 1.71. The summed E-state index contributed by atoms with van der Waals surface area (Å²) in [5.74, 6) is 0.147. The van der Waals surface area contributed by atoms with Gasteiger partial charge in [-0.1, -0.05) is 12.8 Å². The molecule has 0 spiro atoms. The quantitative estimate of drug-likeness (QED) is 0.835. The van der Waals surface area contributed by atoms with Crippen molar-refractivity contribution in [1.82, 2.24) is 9.88 Å². The van der Waals surface area contributed by atoms with Crippen molar-refractivity contribution in [3.8, 4) is 10.6 Å². The van der Waals surface area contributed by atoms with E-state index in [0.717, 1.165) is 42.1 Å². The van der Waals surface area contributed by atoms with Crippen molar-refractivity contribution < 1.29 is 4.79 Å². The van der Waals surface area contributed by atoms with E-state index in [1.165, 1.54) is 17.7 Å². The highest BCUT2D eigenvalue weighted by Crippen LogP contribution is 2.26. The maximum Gasteiger partial charge on any atom is 0.253 e. The fraction of sp³-hybridized carbons (Fsp3) is 0.412. The third kappa shape index (κ3) is 3.32. The Hall–Kier alpha value is -1.68. The van der Waals surface area contributed by atoms with Crippen LogP contribution in [0.3, 0.4) is 0 Å². The second-order valence-corrected chi connectivity index (χ2v) is 6.83. The number of likely N-dealkylation sites (tertiary alicyclic amines) is 1. The van der Waals surface area contributed by atoms with Crippen LogP contribution in [0.25, 0.3) is 10.6 Å². The fourth-order valence-electron chi connectivity index (χ4n) is 2.73. The molecule has 0 bridgehead atoms. The summed E-state index contributed by atoms with van der Waals surface area (Å²) in [5.41, 5.74) is 1.65. The number of aryl methyl sites for hydroxylation is 1. The maximum absolute atomic E-state index is 12.6. The largest absolute Gasteiger partial charge is 0.339 e. The number of hydrogen-bond acceptors (Lipinski definition) is 3. The second kappa shape index (κ2) is 6.39. The Kier molecular flexibility index (Phi) is 4.34. The molecular formula is C17H20N2OS. The van der Waals surface area contributed by atoms with Crippen molar-refractivity contribution in [2.75, 3.05) is 13.1 Å². The van der Waals surface area contributed by atoms with Crippen molar-refractivity contribution in [3.05, 3.63) is 40.9 Å². The summed E-state index contributed by atoms with van der Waals surface area (Å²) in [4.78, 5) is 21.4. The third-order valence-electron chi connectivity index (χ3n) is 3.89. The minimum absolute atomic E-state index is 0.147. The zero-order chi connectivity index (χ0) is 14.7. The molecule has 1 saturated heterocycles. The molecule has 1 fully saturated rings. The van der Waals surface area contributed by atoms with Gasteiger partial charge in [0.15, 0.2) is 0 Å². The van der Waals surface area contributed by atoms with E-state index in [9.17, 15) is 4.79 Å². The highest BCUT2D eigenvalue weighted by Gasteiger charge is 2.18. The number of rotatable bonds is 2. The van der Waals surface area contributed by atoms with E-state index >= 15 is 0 Å². The molecule has 0 saturated carbocycles. The number of pyridine rings is 1. The van der Waals surface area contributed by atoms with Gasteiger partial charge in [0.1, 0.15) is 0 Å². The van der Waals surface area contributed by atoms with E-state index in [2.05, 4.69) is 24.0 Å². The van der Waals surface area contributed by atoms with Crippen molar-refractivity contribution in [2.45, 2.75) is 32.6 Å². The van der Waals surface area contributed by atoms with Crippen LogP contribution < -0.4 is 0 Å². The van der Waals surface area contributed by atoms with Crippen LogP contribution in [0.5, 0.6) is 0 Å². The minimum Gasteiger partial charge on any atom is -0.339 e. The third-order valence-corrected chi connectivity index (χ3v) is 4.92. The zero-order valence-corrected chi connectivity index (χ0v) is 13.2. The number of nitrogens with zero attached hydrogens (tertiary/aromatic N) is 2. The fourth-order valence-corrected chi connectivity index (χ4v) is 3.56. The van der Waals surface area contributed by atoms with Gasteiger partial charge in [-0.15, -0.1) is 11.3 Å². The topological polar surface area (TPSA) is 33.2 Å². The van der Waals surface area contributed by atoms with Crippen LogP contribution in [0.15, 0.2) is 30.5 Å². The van der Waals surface area contributed by atoms with Crippen LogP contribution in [-0.4, -0.2) is 28.9 Å². The molecule has 2 aromatic heterocycles. The van der Waals surface area contributed by atoms with Crippen LogP contribution in [-0.2, 0) is 0 Å². The lowest BCUT2D eigenvalue weighted by atomic mass is 10.2. The van der Waals surface area contributed by atoms with Gasteiger partial charge in [-0.05, 0) is 44.0 Å². The van der Waals surface area contributed by atoms with E-state index in [1.54, 1.807) is 17.5 Å². The maximum atomic E-state index is 12.6. The Morgan fingerprint density at radius 2 is 1.90 bits per heavy atom. The van der Waals surface area contributed by atoms with Gasteiger partial charge in [-0.25, -0.2) is 0 Å². The molecule has 0 radical (unpaired) electrons. The lowest BCUT2D eigenvalue weighted by Crippen LogP contribution is -2.31. The molecule has 3 nitrogen and oxygen atoms in total. The van der Waals surface area contributed by atoms with Crippen molar-refractivity contribution in [2.24, 2.45) is 0 Å². The Balaban J connectivity index is 1.83. The lowest BCUT2D eigenvalue weighted by Gasteiger charge is -2.20. The molecule has 0 atom stereocenters. The Morgan fingerprint density at radius 1 is 1.14 bits per heavy atom. The van der Waals surface area contributed by atoms with E-state index in [1.807, 2.05) is 17.0 Å². The number of carbonyl (C=O) groups is 1. The zero-order valence-electron chi connectivity index (χ0n) is 12.3. The number of aromatic nitrogens is 1. The summed E-state index contributed by atoms with van der Waals surface area (Å²) in [7, 11) is 0. The summed E-state index contributed by atoms with van der Waals surface area (Å²) in [6, 6.07) is 7.92. The summed E-state index contributed by atoms with van der Waals surface area (Å²) in [6.45, 7) is 3.85. The molecule has 0 N–H and O–H groups in total. The van der Waals surface area contributed by atoms with Crippen LogP contribution in [0.2, 0.25) is 0 Å². The predicted octanol–water partition coefficient (Wildman–Crippen LogP) is 4.13. The number of amides is 1. The number of thiophene rings is 1. The van der Waals surface area contributed by atoms with Crippen molar-refractivity contribution in [1.29, 1.82) is 0 Å². The molecule has 0 aliphatic carbocycles. The number of hydrogen-bond donors (Lipinski definition) is 0. The Labute approximate surface area is 129 Å². The van der Waals surface area contributed by atoms with Gasteiger partial charge in [0.2, 0.25) is 0 Å². The van der Waals surface area contributed by atoms with Gasteiger partial charge in [-0.3, -0.25) is 9.78 Å². The first kappa shape index (κ1) is 14.3. The Bertz CT molecular complexity index is 627. The summed E-state index contributed by atoms with van der Waals surface area (Å²) in [6.07, 6.45) is 6.46. The molecule has 2 aromatic rings. The normalized spacial score (nSPS) is 15.8. The molecule has 0 aromatic carbocycles. The van der Waals surface area contributed by atoms with Crippen LogP contribution in [0.4, 0.5) is 0 Å². The molecule has 1 amide bonds. The van der Waals surface area contributed by atoms with E-state index in [0.29, 0.717) is 0 Å². The molecule has 3 heterocycles. The molecule has 21 heavy (non-hydrogen) atoms. The predicted molar refractivity (Wildman–Crippen MR) is 86.7 cm³/mol. The first-order chi connectivity index (χ1) is 10.2. The highest BCUT2D eigenvalue weighted by atomic mass is 32.1. The van der Waals surface area contributed by atoms with Gasteiger partial charge in [0, 0.05) is 29.7 Å². The second-order valence-electron chi connectivity index (χ2n) is 5.55. The molecule has 3 rings (SSSR count). The average Bonchev–Trinajstić information content (AvgIpc) is 2.77. The van der Waals surface area contributed by atoms with Crippen LogP contribution in [0.1, 0.15) is 40.9 Å². The van der Waals surface area contributed by atoms with Gasteiger partial charge < -0.3 is 4.90 Å². The van der Waals surface area contributed by atoms with Crippen LogP contribution >= 0.6 is 11.3 Å². The lowest BCUT2D eigenvalue weighted by molar-refractivity contribution is 0.0761. The highest BCUT2D eigenvalue weighted by molar-refractivity contribution is 7.15. The SMILES string of the molecule is Cc1ccc(-c2cc(C(=O)N3CCCCCC3)ccn2)s1. The first-order valence-corrected chi connectivity index (χ1v) is 8.38. The van der Waals surface area contributed by atoms with E-state index in [-0.39, 0.29) is 5.91 Å². The average molecular weight is 300 g/mol. The van der Waals surface area contributed by atoms with Crippen molar-refractivity contribution in [3.63, 3.8) is 0 Å². The van der Waals surface area contributed by atoms with Gasteiger partial charge in [-0.2, -0.15) is 0 Å². The Morgan fingerprint density at radius 3 is 2.57 bits per heavy atom. The minimum atomic E-state index is 0.147. The van der Waals surface area contributed by atoms with Gasteiger partial charge in [0.25, 0.3) is 5.91 Å². The molecule has 4 heteroatoms. The summed E-state index contributed by atoms with van der Waals surface area (Å²) in [5, 5.41) is 0. The molecular weight excluding hydrogens is 280 g/mol.